The molecule has 1 heterocycles. The number of ether oxygens (including phenoxy) is 1. The molecule has 1 N–H and O–H groups in total. The van der Waals surface area contributed by atoms with Crippen molar-refractivity contribution >= 4 is 6.09 Å². The number of hydrogen-bond acceptors (Lipinski definition) is 3. The first-order valence-corrected chi connectivity index (χ1v) is 6.64. The molecule has 1 amide bonds. The number of likely N-dealkylation sites (tertiary alicyclic amines) is 1. The molecule has 0 unspecified atom stereocenters. The van der Waals surface area contributed by atoms with E-state index in [-0.39, 0.29) is 19.5 Å². The van der Waals surface area contributed by atoms with Gasteiger partial charge in [-0.15, -0.1) is 0 Å². The van der Waals surface area contributed by atoms with Crippen LogP contribution in [0.3, 0.4) is 0 Å². The molecule has 1 rings (SSSR count). The van der Waals surface area contributed by atoms with Crippen molar-refractivity contribution in [2.75, 3.05) is 13.1 Å². The van der Waals surface area contributed by atoms with Gasteiger partial charge in [0.2, 0.25) is 0 Å². The first-order valence-electron chi connectivity index (χ1n) is 6.64. The van der Waals surface area contributed by atoms with Crippen LogP contribution in [-0.2, 0) is 4.74 Å². The highest BCUT2D eigenvalue weighted by Crippen LogP contribution is 2.41. The maximum absolute atomic E-state index is 13.0. The van der Waals surface area contributed by atoms with Crippen LogP contribution in [0.25, 0.3) is 0 Å². The highest BCUT2D eigenvalue weighted by Gasteiger charge is 2.57. The predicted molar refractivity (Wildman–Crippen MR) is 67.2 cm³/mol. The van der Waals surface area contributed by atoms with E-state index in [1.165, 1.54) is 11.8 Å². The van der Waals surface area contributed by atoms with Crippen molar-refractivity contribution in [2.45, 2.75) is 57.9 Å². The molecule has 0 spiro atoms. The van der Waals surface area contributed by atoms with Crippen LogP contribution in [0.2, 0.25) is 0 Å². The molecule has 0 bridgehead atoms. The molecule has 7 heteroatoms. The van der Waals surface area contributed by atoms with Crippen LogP contribution in [0.1, 0.15) is 40.5 Å². The van der Waals surface area contributed by atoms with Crippen LogP contribution in [-0.4, -0.2) is 46.6 Å². The Hall–Kier alpha value is -0.980. The Bertz CT molecular complexity index is 365. The molecule has 0 radical (unpaired) electrons. The normalized spacial score (nSPS) is 29.0. The third kappa shape index (κ3) is 3.77. The Labute approximate surface area is 116 Å². The van der Waals surface area contributed by atoms with Gasteiger partial charge in [0.15, 0.2) is 5.60 Å². The van der Waals surface area contributed by atoms with Crippen LogP contribution in [0, 0.1) is 5.92 Å². The smallest absolute Gasteiger partial charge is 0.417 e. The highest BCUT2D eigenvalue weighted by molar-refractivity contribution is 5.68. The summed E-state index contributed by atoms with van der Waals surface area (Å²) in [4.78, 5) is 13.1. The second-order valence-electron chi connectivity index (χ2n) is 6.33. The first kappa shape index (κ1) is 17.1. The third-order valence-electron chi connectivity index (χ3n) is 3.55. The summed E-state index contributed by atoms with van der Waals surface area (Å²) in [5.41, 5.74) is -3.45. The van der Waals surface area contributed by atoms with E-state index < -0.39 is 35.8 Å². The highest BCUT2D eigenvalue weighted by atomic mass is 19.4. The van der Waals surface area contributed by atoms with Crippen molar-refractivity contribution < 1.29 is 27.8 Å². The molecule has 0 aliphatic carbocycles. The van der Waals surface area contributed by atoms with Gasteiger partial charge in [-0.1, -0.05) is 6.92 Å². The summed E-state index contributed by atoms with van der Waals surface area (Å²) in [6.07, 6.45) is -5.79. The second-order valence-corrected chi connectivity index (χ2v) is 6.33. The maximum atomic E-state index is 13.0. The Morgan fingerprint density at radius 2 is 1.85 bits per heavy atom. The molecule has 1 saturated heterocycles. The third-order valence-corrected chi connectivity index (χ3v) is 3.55. The van der Waals surface area contributed by atoms with Crippen LogP contribution < -0.4 is 0 Å². The predicted octanol–water partition coefficient (Wildman–Crippen LogP) is 2.95. The number of carbonyl (C=O) groups excluding carboxylic acids is 1. The van der Waals surface area contributed by atoms with E-state index >= 15 is 0 Å². The van der Waals surface area contributed by atoms with E-state index in [0.717, 1.165) is 0 Å². The summed E-state index contributed by atoms with van der Waals surface area (Å²) in [6.45, 7) is 6.40. The molecule has 1 fully saturated rings. The van der Waals surface area contributed by atoms with Gasteiger partial charge in [-0.05, 0) is 33.1 Å². The van der Waals surface area contributed by atoms with Crippen molar-refractivity contribution in [3.8, 4) is 0 Å². The number of hydrogen-bond donors (Lipinski definition) is 1. The number of carbonyl (C=O) groups is 1. The zero-order valence-corrected chi connectivity index (χ0v) is 12.3. The van der Waals surface area contributed by atoms with E-state index in [4.69, 9.17) is 4.74 Å². The van der Waals surface area contributed by atoms with Crippen molar-refractivity contribution in [1.29, 1.82) is 0 Å². The van der Waals surface area contributed by atoms with Gasteiger partial charge in [-0.3, -0.25) is 0 Å². The fourth-order valence-corrected chi connectivity index (χ4v) is 2.18. The largest absolute Gasteiger partial charge is 0.444 e. The van der Waals surface area contributed by atoms with E-state index in [1.54, 1.807) is 20.8 Å². The molecule has 20 heavy (non-hydrogen) atoms. The van der Waals surface area contributed by atoms with E-state index in [9.17, 15) is 23.1 Å². The number of halogens is 3. The topological polar surface area (TPSA) is 49.8 Å². The molecule has 1 aliphatic rings. The summed E-state index contributed by atoms with van der Waals surface area (Å²) in [5, 5.41) is 9.88. The van der Waals surface area contributed by atoms with Gasteiger partial charge in [-0.2, -0.15) is 13.2 Å². The Morgan fingerprint density at radius 1 is 1.30 bits per heavy atom. The van der Waals surface area contributed by atoms with Gasteiger partial charge in [0.05, 0.1) is 0 Å². The lowest BCUT2D eigenvalue weighted by Gasteiger charge is -2.34. The van der Waals surface area contributed by atoms with E-state index in [0.29, 0.717) is 0 Å². The van der Waals surface area contributed by atoms with Gasteiger partial charge >= 0.3 is 12.3 Å². The lowest BCUT2D eigenvalue weighted by atomic mass is 9.84. The standard InChI is InChI=1S/C13H22F3NO3/c1-9-5-7-17(10(18)20-11(2,3)4)8-6-12(9,19)13(14,15)16/h9,19H,5-8H2,1-4H3/t9-,12+/m0/s1. The Balaban J connectivity index is 2.79. The summed E-state index contributed by atoms with van der Waals surface area (Å²) in [5.74, 6) is -0.963. The van der Waals surface area contributed by atoms with Crippen LogP contribution in [0.15, 0.2) is 0 Å². The summed E-state index contributed by atoms with van der Waals surface area (Å²) >= 11 is 0. The molecule has 4 nitrogen and oxygen atoms in total. The van der Waals surface area contributed by atoms with Gasteiger partial charge in [0.25, 0.3) is 0 Å². The average molecular weight is 297 g/mol. The monoisotopic (exact) mass is 297 g/mol. The molecule has 2 atom stereocenters. The number of aliphatic hydroxyl groups is 1. The molecule has 0 saturated carbocycles. The van der Waals surface area contributed by atoms with Gasteiger partial charge < -0.3 is 14.7 Å². The fraction of sp³-hybridized carbons (Fsp3) is 0.923. The van der Waals surface area contributed by atoms with Crippen LogP contribution in [0.5, 0.6) is 0 Å². The van der Waals surface area contributed by atoms with Crippen molar-refractivity contribution in [3.63, 3.8) is 0 Å². The SMILES string of the molecule is C[C@H]1CCN(C(=O)OC(C)(C)C)CC[C@]1(O)C(F)(F)F. The molecular formula is C13H22F3NO3. The summed E-state index contributed by atoms with van der Waals surface area (Å²) < 4.78 is 44.1. The molecule has 118 valence electrons. The minimum Gasteiger partial charge on any atom is -0.444 e. The number of nitrogens with zero attached hydrogens (tertiary/aromatic N) is 1. The quantitative estimate of drug-likeness (QED) is 0.748. The molecule has 0 aromatic rings. The zero-order chi connectivity index (χ0) is 15.8. The molecule has 0 aromatic carbocycles. The van der Waals surface area contributed by atoms with Crippen LogP contribution in [0.4, 0.5) is 18.0 Å². The van der Waals surface area contributed by atoms with E-state index in [2.05, 4.69) is 0 Å². The minimum atomic E-state index is -4.70. The molecule has 1 aliphatic heterocycles. The Kier molecular flexibility index (Phi) is 4.63. The summed E-state index contributed by atoms with van der Waals surface area (Å²) in [6, 6.07) is 0. The number of amides is 1. The lowest BCUT2D eigenvalue weighted by molar-refractivity contribution is -0.278. The average Bonchev–Trinajstić information content (AvgIpc) is 2.37. The lowest BCUT2D eigenvalue weighted by Crippen LogP contribution is -2.50. The first-order chi connectivity index (χ1) is 8.87. The second kappa shape index (κ2) is 5.42. The van der Waals surface area contributed by atoms with Gasteiger partial charge in [0.1, 0.15) is 5.60 Å². The van der Waals surface area contributed by atoms with Crippen molar-refractivity contribution in [1.82, 2.24) is 4.90 Å². The maximum Gasteiger partial charge on any atom is 0.417 e. The number of rotatable bonds is 0. The minimum absolute atomic E-state index is 0.0786. The Morgan fingerprint density at radius 3 is 2.30 bits per heavy atom. The van der Waals surface area contributed by atoms with Crippen molar-refractivity contribution in [3.05, 3.63) is 0 Å². The van der Waals surface area contributed by atoms with Crippen molar-refractivity contribution in [2.24, 2.45) is 5.92 Å². The van der Waals surface area contributed by atoms with Crippen LogP contribution >= 0.6 is 0 Å². The fourth-order valence-electron chi connectivity index (χ4n) is 2.18. The molecular weight excluding hydrogens is 275 g/mol. The number of alkyl halides is 3. The van der Waals surface area contributed by atoms with Gasteiger partial charge in [-0.25, -0.2) is 4.79 Å². The van der Waals surface area contributed by atoms with Gasteiger partial charge in [0, 0.05) is 19.5 Å². The molecule has 0 aromatic heterocycles. The van der Waals surface area contributed by atoms with E-state index in [1.807, 2.05) is 0 Å². The summed E-state index contributed by atoms with van der Waals surface area (Å²) in [7, 11) is 0. The zero-order valence-electron chi connectivity index (χ0n) is 12.3.